The summed E-state index contributed by atoms with van der Waals surface area (Å²) in [7, 11) is 0. The molecule has 3 aromatic carbocycles. The van der Waals surface area contributed by atoms with Gasteiger partial charge in [-0.2, -0.15) is 0 Å². The van der Waals surface area contributed by atoms with Crippen molar-refractivity contribution in [3.63, 3.8) is 0 Å². The van der Waals surface area contributed by atoms with Gasteiger partial charge in [0, 0.05) is 30.3 Å². The van der Waals surface area contributed by atoms with Crippen LogP contribution in [-0.2, 0) is 0 Å². The molecule has 1 spiro atoms. The van der Waals surface area contributed by atoms with Gasteiger partial charge in [0.15, 0.2) is 5.78 Å². The van der Waals surface area contributed by atoms with Crippen LogP contribution in [0.4, 0.5) is 5.69 Å². The molecule has 1 saturated heterocycles. The molecule has 3 nitrogen and oxygen atoms in total. The average Bonchev–Trinajstić information content (AvgIpc) is 3.08. The SMILES string of the molecule is O=C1c2ccccc2NC12CCN(CCC(c1ccccc1)c1ccccc1)CC2. The standard InChI is InChI=1S/C27H28N2O/c30-26-24-13-7-8-14-25(24)28-27(26)16-19-29(20-17-27)18-15-23(21-9-3-1-4-10-21)22-11-5-2-6-12-22/h1-14,23,28H,15-20H2. The summed E-state index contributed by atoms with van der Waals surface area (Å²) in [5.74, 6) is 0.683. The molecule has 3 aromatic rings. The molecule has 2 heterocycles. The summed E-state index contributed by atoms with van der Waals surface area (Å²) in [6.07, 6.45) is 2.84. The Balaban J connectivity index is 1.25. The first-order chi connectivity index (χ1) is 14.8. The quantitative estimate of drug-likeness (QED) is 0.631. The zero-order valence-electron chi connectivity index (χ0n) is 17.3. The van der Waals surface area contributed by atoms with Crippen LogP contribution in [0, 0.1) is 0 Å². The minimum atomic E-state index is -0.390. The molecule has 30 heavy (non-hydrogen) atoms. The predicted molar refractivity (Wildman–Crippen MR) is 122 cm³/mol. The van der Waals surface area contributed by atoms with Crippen molar-refractivity contribution in [2.75, 3.05) is 25.0 Å². The lowest BCUT2D eigenvalue weighted by atomic mass is 9.83. The number of piperidine rings is 1. The minimum absolute atomic E-state index is 0.282. The number of benzene rings is 3. The number of anilines is 1. The number of nitrogens with zero attached hydrogens (tertiary/aromatic N) is 1. The van der Waals surface area contributed by atoms with Crippen LogP contribution in [0.15, 0.2) is 84.9 Å². The monoisotopic (exact) mass is 396 g/mol. The molecule has 3 heteroatoms. The third-order valence-corrected chi connectivity index (χ3v) is 6.83. The fraction of sp³-hybridized carbons (Fsp3) is 0.296. The van der Waals surface area contributed by atoms with Gasteiger partial charge in [-0.15, -0.1) is 0 Å². The smallest absolute Gasteiger partial charge is 0.190 e. The average molecular weight is 397 g/mol. The highest BCUT2D eigenvalue weighted by Crippen LogP contribution is 2.39. The summed E-state index contributed by atoms with van der Waals surface area (Å²) in [6.45, 7) is 2.97. The molecule has 152 valence electrons. The lowest BCUT2D eigenvalue weighted by molar-refractivity contribution is 0.0830. The Hall–Kier alpha value is -2.91. The molecule has 1 fully saturated rings. The van der Waals surface area contributed by atoms with Crippen molar-refractivity contribution in [3.05, 3.63) is 102 Å². The first-order valence-electron chi connectivity index (χ1n) is 11.0. The number of hydrogen-bond acceptors (Lipinski definition) is 3. The molecule has 0 radical (unpaired) electrons. The number of fused-ring (bicyclic) bond motifs is 1. The van der Waals surface area contributed by atoms with Crippen molar-refractivity contribution in [1.29, 1.82) is 0 Å². The number of carbonyl (C=O) groups excluding carboxylic acids is 1. The van der Waals surface area contributed by atoms with Crippen LogP contribution < -0.4 is 5.32 Å². The zero-order chi connectivity index (χ0) is 20.4. The molecule has 0 amide bonds. The Morgan fingerprint density at radius 1 is 0.800 bits per heavy atom. The number of Topliss-reactive ketones (excluding diaryl/α,β-unsaturated/α-hetero) is 1. The summed E-state index contributed by atoms with van der Waals surface area (Å²) in [4.78, 5) is 15.6. The maximum absolute atomic E-state index is 13.0. The molecule has 0 saturated carbocycles. The van der Waals surface area contributed by atoms with E-state index < -0.39 is 5.54 Å². The number of para-hydroxylation sites is 1. The van der Waals surface area contributed by atoms with Gasteiger partial charge in [0.05, 0.1) is 0 Å². The second kappa shape index (κ2) is 8.08. The lowest BCUT2D eigenvalue weighted by Gasteiger charge is -2.39. The predicted octanol–water partition coefficient (Wildman–Crippen LogP) is 5.35. The van der Waals surface area contributed by atoms with E-state index in [4.69, 9.17) is 0 Å². The van der Waals surface area contributed by atoms with Crippen LogP contribution in [0.1, 0.15) is 46.7 Å². The van der Waals surface area contributed by atoms with Crippen LogP contribution in [-0.4, -0.2) is 35.9 Å². The van der Waals surface area contributed by atoms with Crippen molar-refractivity contribution in [3.8, 4) is 0 Å². The lowest BCUT2D eigenvalue weighted by Crippen LogP contribution is -2.51. The first-order valence-corrected chi connectivity index (χ1v) is 11.0. The second-order valence-electron chi connectivity index (χ2n) is 8.59. The molecular formula is C27H28N2O. The zero-order valence-corrected chi connectivity index (χ0v) is 17.3. The molecule has 0 atom stereocenters. The number of carbonyl (C=O) groups is 1. The van der Waals surface area contributed by atoms with E-state index in [-0.39, 0.29) is 5.78 Å². The Morgan fingerprint density at radius 3 is 1.97 bits per heavy atom. The van der Waals surface area contributed by atoms with Gasteiger partial charge in [0.2, 0.25) is 0 Å². The van der Waals surface area contributed by atoms with Gasteiger partial charge in [-0.05, 0) is 49.1 Å². The van der Waals surface area contributed by atoms with Crippen molar-refractivity contribution in [2.24, 2.45) is 0 Å². The van der Waals surface area contributed by atoms with Crippen LogP contribution in [0.2, 0.25) is 0 Å². The van der Waals surface area contributed by atoms with Crippen molar-refractivity contribution in [2.45, 2.75) is 30.7 Å². The van der Waals surface area contributed by atoms with E-state index in [2.05, 4.69) is 70.9 Å². The van der Waals surface area contributed by atoms with Crippen LogP contribution in [0.25, 0.3) is 0 Å². The van der Waals surface area contributed by atoms with E-state index in [1.807, 2.05) is 24.3 Å². The topological polar surface area (TPSA) is 32.3 Å². The molecule has 2 aliphatic rings. The van der Waals surface area contributed by atoms with Gasteiger partial charge in [-0.3, -0.25) is 4.79 Å². The number of hydrogen-bond donors (Lipinski definition) is 1. The molecule has 0 bridgehead atoms. The fourth-order valence-electron chi connectivity index (χ4n) is 5.08. The number of likely N-dealkylation sites (tertiary alicyclic amines) is 1. The molecule has 2 aliphatic heterocycles. The second-order valence-corrected chi connectivity index (χ2v) is 8.59. The van der Waals surface area contributed by atoms with Crippen LogP contribution in [0.3, 0.4) is 0 Å². The van der Waals surface area contributed by atoms with E-state index in [0.717, 1.165) is 50.1 Å². The van der Waals surface area contributed by atoms with Crippen molar-refractivity contribution < 1.29 is 4.79 Å². The highest BCUT2D eigenvalue weighted by molar-refractivity contribution is 6.13. The molecular weight excluding hydrogens is 368 g/mol. The molecule has 5 rings (SSSR count). The van der Waals surface area contributed by atoms with Gasteiger partial charge < -0.3 is 10.2 Å². The third kappa shape index (κ3) is 3.54. The van der Waals surface area contributed by atoms with E-state index in [1.165, 1.54) is 11.1 Å². The summed E-state index contributed by atoms with van der Waals surface area (Å²) < 4.78 is 0. The van der Waals surface area contributed by atoms with Gasteiger partial charge >= 0.3 is 0 Å². The van der Waals surface area contributed by atoms with E-state index >= 15 is 0 Å². The maximum Gasteiger partial charge on any atom is 0.190 e. The van der Waals surface area contributed by atoms with E-state index in [9.17, 15) is 4.79 Å². The highest BCUT2D eigenvalue weighted by atomic mass is 16.1. The van der Waals surface area contributed by atoms with Gasteiger partial charge in [-0.1, -0.05) is 72.8 Å². The highest BCUT2D eigenvalue weighted by Gasteiger charge is 2.46. The Morgan fingerprint density at radius 2 is 1.37 bits per heavy atom. The summed E-state index contributed by atoms with van der Waals surface area (Å²) >= 11 is 0. The minimum Gasteiger partial charge on any atom is -0.372 e. The fourth-order valence-corrected chi connectivity index (χ4v) is 5.08. The van der Waals surface area contributed by atoms with Gasteiger partial charge in [0.25, 0.3) is 0 Å². The number of rotatable bonds is 5. The van der Waals surface area contributed by atoms with E-state index in [0.29, 0.717) is 5.92 Å². The van der Waals surface area contributed by atoms with Crippen molar-refractivity contribution in [1.82, 2.24) is 4.90 Å². The van der Waals surface area contributed by atoms with Gasteiger partial charge in [0.1, 0.15) is 5.54 Å². The molecule has 0 unspecified atom stereocenters. The Kier molecular flexibility index (Phi) is 5.14. The largest absolute Gasteiger partial charge is 0.372 e. The van der Waals surface area contributed by atoms with Crippen LogP contribution >= 0.6 is 0 Å². The summed E-state index contributed by atoms with van der Waals surface area (Å²) in [5.41, 5.74) is 4.22. The van der Waals surface area contributed by atoms with Crippen molar-refractivity contribution >= 4 is 11.5 Å². The number of ketones is 1. The normalized spacial score (nSPS) is 17.8. The van der Waals surface area contributed by atoms with E-state index in [1.54, 1.807) is 0 Å². The summed E-state index contributed by atoms with van der Waals surface area (Å²) in [6, 6.07) is 29.6. The Bertz CT molecular complexity index is 968. The first kappa shape index (κ1) is 19.1. The molecule has 0 aliphatic carbocycles. The van der Waals surface area contributed by atoms with Gasteiger partial charge in [-0.25, -0.2) is 0 Å². The van der Waals surface area contributed by atoms with Crippen LogP contribution in [0.5, 0.6) is 0 Å². The third-order valence-electron chi connectivity index (χ3n) is 6.83. The summed E-state index contributed by atoms with van der Waals surface area (Å²) in [5, 5.41) is 3.56. The molecule has 1 N–H and O–H groups in total. The number of nitrogens with one attached hydrogen (secondary N) is 1. The Labute approximate surface area is 178 Å². The maximum atomic E-state index is 13.0. The molecule has 0 aromatic heterocycles.